The first-order chi connectivity index (χ1) is 9.10. The van der Waals surface area contributed by atoms with Crippen LogP contribution in [0.5, 0.6) is 12.0 Å². The topological polar surface area (TPSA) is 78.4 Å². The van der Waals surface area contributed by atoms with Gasteiger partial charge in [-0.25, -0.2) is 0 Å². The lowest BCUT2D eigenvalue weighted by Crippen LogP contribution is -2.32. The van der Waals surface area contributed by atoms with Crippen LogP contribution in [0.1, 0.15) is 20.8 Å². The summed E-state index contributed by atoms with van der Waals surface area (Å²) in [4.78, 5) is 12.2. The Kier molecular flexibility index (Phi) is 6.27. The SMILES string of the molecule is CCOCC(Nc1nc(OC)nc(OC)n1)C(C)C. The summed E-state index contributed by atoms with van der Waals surface area (Å²) in [6, 6.07) is 0.540. The molecule has 0 aliphatic heterocycles. The van der Waals surface area contributed by atoms with Gasteiger partial charge < -0.3 is 19.5 Å². The van der Waals surface area contributed by atoms with Crippen molar-refractivity contribution in [2.24, 2.45) is 5.92 Å². The Morgan fingerprint density at radius 2 is 1.63 bits per heavy atom. The Morgan fingerprint density at radius 1 is 1.05 bits per heavy atom. The maximum Gasteiger partial charge on any atom is 0.324 e. The van der Waals surface area contributed by atoms with Crippen molar-refractivity contribution in [1.82, 2.24) is 15.0 Å². The van der Waals surface area contributed by atoms with Gasteiger partial charge >= 0.3 is 12.0 Å². The van der Waals surface area contributed by atoms with Crippen LogP contribution in [-0.2, 0) is 4.74 Å². The molecule has 0 aliphatic carbocycles. The molecule has 7 heteroatoms. The van der Waals surface area contributed by atoms with E-state index in [0.717, 1.165) is 0 Å². The molecule has 0 saturated carbocycles. The average molecular weight is 270 g/mol. The molecular formula is C12H22N4O3. The van der Waals surface area contributed by atoms with E-state index in [1.165, 1.54) is 14.2 Å². The third-order valence-corrected chi connectivity index (χ3v) is 2.58. The third-order valence-electron chi connectivity index (χ3n) is 2.58. The van der Waals surface area contributed by atoms with Gasteiger partial charge in [0.1, 0.15) is 0 Å². The first-order valence-corrected chi connectivity index (χ1v) is 6.29. The lowest BCUT2D eigenvalue weighted by molar-refractivity contribution is 0.126. The standard InChI is InChI=1S/C12H22N4O3/c1-6-19-7-9(8(2)3)13-10-14-11(17-4)16-12(15-10)18-5/h8-9H,6-7H2,1-5H3,(H,13,14,15,16). The van der Waals surface area contributed by atoms with Crippen molar-refractivity contribution in [2.45, 2.75) is 26.8 Å². The number of hydrogen-bond donors (Lipinski definition) is 1. The van der Waals surface area contributed by atoms with Crippen molar-refractivity contribution >= 4 is 5.95 Å². The number of hydrogen-bond acceptors (Lipinski definition) is 7. The number of anilines is 1. The van der Waals surface area contributed by atoms with Crippen LogP contribution < -0.4 is 14.8 Å². The first kappa shape index (κ1) is 15.4. The summed E-state index contributed by atoms with van der Waals surface area (Å²) in [6.07, 6.45) is 0. The molecule has 1 heterocycles. The normalized spacial score (nSPS) is 12.3. The first-order valence-electron chi connectivity index (χ1n) is 6.29. The van der Waals surface area contributed by atoms with Crippen LogP contribution in [0.3, 0.4) is 0 Å². The van der Waals surface area contributed by atoms with Crippen LogP contribution in [-0.4, -0.2) is 48.4 Å². The monoisotopic (exact) mass is 270 g/mol. The Bertz CT molecular complexity index is 365. The van der Waals surface area contributed by atoms with Gasteiger partial charge in [0.05, 0.1) is 26.9 Å². The molecule has 1 rings (SSSR count). The van der Waals surface area contributed by atoms with Crippen LogP contribution in [0.15, 0.2) is 0 Å². The van der Waals surface area contributed by atoms with Crippen molar-refractivity contribution in [3.8, 4) is 12.0 Å². The second-order valence-electron chi connectivity index (χ2n) is 4.29. The molecule has 108 valence electrons. The van der Waals surface area contributed by atoms with Gasteiger partial charge in [0.25, 0.3) is 0 Å². The van der Waals surface area contributed by atoms with Gasteiger partial charge in [-0.3, -0.25) is 0 Å². The minimum absolute atomic E-state index is 0.108. The molecule has 0 bridgehead atoms. The molecule has 1 atom stereocenters. The summed E-state index contributed by atoms with van der Waals surface area (Å²) in [6.45, 7) is 7.43. The summed E-state index contributed by atoms with van der Waals surface area (Å²) >= 11 is 0. The van der Waals surface area contributed by atoms with E-state index in [1.807, 2.05) is 6.92 Å². The number of methoxy groups -OCH3 is 2. The van der Waals surface area contributed by atoms with Crippen molar-refractivity contribution in [1.29, 1.82) is 0 Å². The highest BCUT2D eigenvalue weighted by molar-refractivity contribution is 5.29. The van der Waals surface area contributed by atoms with Gasteiger partial charge in [0.2, 0.25) is 5.95 Å². The number of nitrogens with one attached hydrogen (secondary N) is 1. The molecule has 7 nitrogen and oxygen atoms in total. The molecular weight excluding hydrogens is 248 g/mol. The largest absolute Gasteiger partial charge is 0.467 e. The van der Waals surface area contributed by atoms with Crippen molar-refractivity contribution in [3.63, 3.8) is 0 Å². The molecule has 0 aromatic carbocycles. The number of nitrogens with zero attached hydrogens (tertiary/aromatic N) is 3. The van der Waals surface area contributed by atoms with E-state index in [9.17, 15) is 0 Å². The van der Waals surface area contributed by atoms with E-state index in [2.05, 4.69) is 34.1 Å². The van der Waals surface area contributed by atoms with Crippen molar-refractivity contribution < 1.29 is 14.2 Å². The van der Waals surface area contributed by atoms with Crippen LogP contribution in [0.2, 0.25) is 0 Å². The minimum atomic E-state index is 0.108. The molecule has 1 N–H and O–H groups in total. The van der Waals surface area contributed by atoms with Gasteiger partial charge in [-0.2, -0.15) is 9.97 Å². The zero-order valence-corrected chi connectivity index (χ0v) is 12.1. The number of aromatic nitrogens is 3. The number of rotatable bonds is 8. The van der Waals surface area contributed by atoms with Gasteiger partial charge in [-0.05, 0) is 12.8 Å². The molecule has 1 aromatic rings. The average Bonchev–Trinajstić information content (AvgIpc) is 2.42. The maximum atomic E-state index is 5.45. The summed E-state index contributed by atoms with van der Waals surface area (Å²) in [5, 5.41) is 3.22. The van der Waals surface area contributed by atoms with E-state index in [0.29, 0.717) is 25.1 Å². The maximum absolute atomic E-state index is 5.45. The van der Waals surface area contributed by atoms with E-state index in [4.69, 9.17) is 14.2 Å². The second-order valence-corrected chi connectivity index (χ2v) is 4.29. The molecule has 19 heavy (non-hydrogen) atoms. The summed E-state index contributed by atoms with van der Waals surface area (Å²) in [5.41, 5.74) is 0. The van der Waals surface area contributed by atoms with E-state index in [1.54, 1.807) is 0 Å². The quantitative estimate of drug-likeness (QED) is 0.764. The van der Waals surface area contributed by atoms with Gasteiger partial charge in [-0.15, -0.1) is 4.98 Å². The van der Waals surface area contributed by atoms with Gasteiger partial charge in [-0.1, -0.05) is 13.8 Å². The smallest absolute Gasteiger partial charge is 0.324 e. The molecule has 0 spiro atoms. The Labute approximate surface area is 113 Å². The Balaban J connectivity index is 2.82. The lowest BCUT2D eigenvalue weighted by atomic mass is 10.1. The van der Waals surface area contributed by atoms with E-state index in [-0.39, 0.29) is 18.1 Å². The fourth-order valence-electron chi connectivity index (χ4n) is 1.40. The molecule has 0 amide bonds. The molecule has 1 aromatic heterocycles. The summed E-state index contributed by atoms with van der Waals surface area (Å²) in [5.74, 6) is 0.794. The fourth-order valence-corrected chi connectivity index (χ4v) is 1.40. The highest BCUT2D eigenvalue weighted by Crippen LogP contribution is 2.15. The van der Waals surface area contributed by atoms with Gasteiger partial charge in [0.15, 0.2) is 0 Å². The lowest BCUT2D eigenvalue weighted by Gasteiger charge is -2.22. The molecule has 0 fully saturated rings. The predicted molar refractivity (Wildman–Crippen MR) is 71.7 cm³/mol. The third kappa shape index (κ3) is 4.86. The zero-order chi connectivity index (χ0) is 14.3. The van der Waals surface area contributed by atoms with Crippen LogP contribution in [0.25, 0.3) is 0 Å². The van der Waals surface area contributed by atoms with E-state index >= 15 is 0 Å². The summed E-state index contributed by atoms with van der Waals surface area (Å²) in [7, 11) is 3.00. The van der Waals surface area contributed by atoms with Crippen LogP contribution >= 0.6 is 0 Å². The second kappa shape index (κ2) is 7.73. The highest BCUT2D eigenvalue weighted by Gasteiger charge is 2.16. The van der Waals surface area contributed by atoms with Gasteiger partial charge in [0, 0.05) is 6.61 Å². The Hall–Kier alpha value is -1.63. The minimum Gasteiger partial charge on any atom is -0.467 e. The number of ether oxygens (including phenoxy) is 3. The fraction of sp³-hybridized carbons (Fsp3) is 0.750. The van der Waals surface area contributed by atoms with Crippen molar-refractivity contribution in [3.05, 3.63) is 0 Å². The predicted octanol–water partition coefficient (Wildman–Crippen LogP) is 1.36. The zero-order valence-electron chi connectivity index (χ0n) is 12.1. The molecule has 0 saturated heterocycles. The van der Waals surface area contributed by atoms with Crippen molar-refractivity contribution in [2.75, 3.05) is 32.8 Å². The highest BCUT2D eigenvalue weighted by atomic mass is 16.5. The van der Waals surface area contributed by atoms with Crippen LogP contribution in [0, 0.1) is 5.92 Å². The molecule has 1 unspecified atom stereocenters. The molecule has 0 radical (unpaired) electrons. The Morgan fingerprint density at radius 3 is 2.05 bits per heavy atom. The summed E-state index contributed by atoms with van der Waals surface area (Å²) < 4.78 is 15.5. The molecule has 0 aliphatic rings. The van der Waals surface area contributed by atoms with E-state index < -0.39 is 0 Å². The van der Waals surface area contributed by atoms with Crippen LogP contribution in [0.4, 0.5) is 5.95 Å².